The average molecular weight is 223 g/mol. The van der Waals surface area contributed by atoms with Gasteiger partial charge in [-0.05, 0) is 6.92 Å². The van der Waals surface area contributed by atoms with Crippen LogP contribution in [0.1, 0.15) is 29.9 Å². The second kappa shape index (κ2) is 3.62. The lowest BCUT2D eigenvalue weighted by Gasteiger charge is -2.33. The SMILES string of the molecule is CC(=O)N1Cc2c(C(=O)O)cnn2CC1C. The molecule has 1 aliphatic heterocycles. The van der Waals surface area contributed by atoms with E-state index in [0.29, 0.717) is 18.8 Å². The van der Waals surface area contributed by atoms with E-state index in [-0.39, 0.29) is 17.5 Å². The van der Waals surface area contributed by atoms with Gasteiger partial charge in [0.1, 0.15) is 5.56 Å². The number of aromatic nitrogens is 2. The summed E-state index contributed by atoms with van der Waals surface area (Å²) < 4.78 is 1.66. The van der Waals surface area contributed by atoms with E-state index in [2.05, 4.69) is 5.10 Å². The minimum absolute atomic E-state index is 0.0451. The van der Waals surface area contributed by atoms with Gasteiger partial charge in [-0.3, -0.25) is 9.48 Å². The summed E-state index contributed by atoms with van der Waals surface area (Å²) in [6.07, 6.45) is 1.34. The standard InChI is InChI=1S/C10H13N3O3/c1-6-4-13-9(5-12(6)7(2)14)8(3-11-13)10(15)16/h3,6H,4-5H2,1-2H3,(H,15,16). The van der Waals surface area contributed by atoms with Crippen molar-refractivity contribution in [2.24, 2.45) is 0 Å². The highest BCUT2D eigenvalue weighted by atomic mass is 16.4. The molecule has 0 bridgehead atoms. The normalized spacial score (nSPS) is 19.4. The van der Waals surface area contributed by atoms with Crippen molar-refractivity contribution in [3.05, 3.63) is 17.5 Å². The minimum Gasteiger partial charge on any atom is -0.478 e. The van der Waals surface area contributed by atoms with E-state index in [9.17, 15) is 9.59 Å². The molecule has 0 spiro atoms. The first-order valence-corrected chi connectivity index (χ1v) is 5.06. The van der Waals surface area contributed by atoms with Crippen molar-refractivity contribution >= 4 is 11.9 Å². The van der Waals surface area contributed by atoms with Crippen LogP contribution in [-0.2, 0) is 17.9 Å². The molecular formula is C10H13N3O3. The molecule has 0 saturated heterocycles. The molecule has 1 amide bonds. The van der Waals surface area contributed by atoms with Gasteiger partial charge in [-0.25, -0.2) is 4.79 Å². The Morgan fingerprint density at radius 3 is 2.81 bits per heavy atom. The molecule has 0 radical (unpaired) electrons. The molecule has 1 atom stereocenters. The molecule has 0 aromatic carbocycles. The van der Waals surface area contributed by atoms with Gasteiger partial charge < -0.3 is 10.0 Å². The summed E-state index contributed by atoms with van der Waals surface area (Å²) in [4.78, 5) is 24.0. The predicted octanol–water partition coefficient (Wildman–Crippen LogP) is 0.332. The number of amides is 1. The van der Waals surface area contributed by atoms with Gasteiger partial charge >= 0.3 is 5.97 Å². The predicted molar refractivity (Wildman–Crippen MR) is 54.9 cm³/mol. The first kappa shape index (κ1) is 10.7. The Labute approximate surface area is 92.5 Å². The van der Waals surface area contributed by atoms with Crippen molar-refractivity contribution in [3.8, 4) is 0 Å². The van der Waals surface area contributed by atoms with Gasteiger partial charge in [0, 0.05) is 13.0 Å². The van der Waals surface area contributed by atoms with Crippen molar-refractivity contribution in [1.29, 1.82) is 0 Å². The van der Waals surface area contributed by atoms with Crippen LogP contribution < -0.4 is 0 Å². The molecule has 1 aromatic heterocycles. The first-order chi connectivity index (χ1) is 7.50. The van der Waals surface area contributed by atoms with Gasteiger partial charge in [0.2, 0.25) is 5.91 Å². The van der Waals surface area contributed by atoms with Crippen LogP contribution in [0.4, 0.5) is 0 Å². The zero-order chi connectivity index (χ0) is 11.9. The monoisotopic (exact) mass is 223 g/mol. The van der Waals surface area contributed by atoms with E-state index in [1.165, 1.54) is 13.1 Å². The highest BCUT2D eigenvalue weighted by molar-refractivity contribution is 5.88. The molecule has 6 nitrogen and oxygen atoms in total. The third-order valence-corrected chi connectivity index (χ3v) is 2.87. The summed E-state index contributed by atoms with van der Waals surface area (Å²) in [7, 11) is 0. The fraction of sp³-hybridized carbons (Fsp3) is 0.500. The lowest BCUT2D eigenvalue weighted by atomic mass is 10.1. The lowest BCUT2D eigenvalue weighted by molar-refractivity contribution is -0.132. The third kappa shape index (κ3) is 1.56. The fourth-order valence-corrected chi connectivity index (χ4v) is 2.00. The summed E-state index contributed by atoms with van der Waals surface area (Å²) >= 11 is 0. The Kier molecular flexibility index (Phi) is 2.41. The van der Waals surface area contributed by atoms with Gasteiger partial charge in [-0.15, -0.1) is 0 Å². The molecule has 0 aliphatic carbocycles. The number of rotatable bonds is 1. The van der Waals surface area contributed by atoms with E-state index in [1.807, 2.05) is 6.92 Å². The molecule has 2 heterocycles. The Bertz CT molecular complexity index is 452. The van der Waals surface area contributed by atoms with Crippen LogP contribution >= 0.6 is 0 Å². The van der Waals surface area contributed by atoms with Crippen LogP contribution in [0.15, 0.2) is 6.20 Å². The molecule has 86 valence electrons. The summed E-state index contributed by atoms with van der Waals surface area (Å²) in [5, 5.41) is 13.0. The number of carboxylic acids is 1. The fourth-order valence-electron chi connectivity index (χ4n) is 2.00. The topological polar surface area (TPSA) is 75.4 Å². The average Bonchev–Trinajstić information content (AvgIpc) is 2.58. The Morgan fingerprint density at radius 2 is 2.25 bits per heavy atom. The second-order valence-electron chi connectivity index (χ2n) is 3.99. The summed E-state index contributed by atoms with van der Waals surface area (Å²) in [6, 6.07) is 0.0477. The largest absolute Gasteiger partial charge is 0.478 e. The number of carbonyl (C=O) groups is 2. The number of hydrogen-bond donors (Lipinski definition) is 1. The lowest BCUT2D eigenvalue weighted by Crippen LogP contribution is -2.44. The molecule has 1 aromatic rings. The van der Waals surface area contributed by atoms with Gasteiger partial charge in [-0.2, -0.15) is 5.10 Å². The van der Waals surface area contributed by atoms with Crippen LogP contribution in [-0.4, -0.2) is 37.7 Å². The number of carbonyl (C=O) groups excluding carboxylic acids is 1. The van der Waals surface area contributed by atoms with Crippen LogP contribution in [0.25, 0.3) is 0 Å². The van der Waals surface area contributed by atoms with E-state index >= 15 is 0 Å². The number of hydrogen-bond acceptors (Lipinski definition) is 3. The quantitative estimate of drug-likeness (QED) is 0.744. The smallest absolute Gasteiger partial charge is 0.339 e. The van der Waals surface area contributed by atoms with Crippen LogP contribution in [0.3, 0.4) is 0 Å². The highest BCUT2D eigenvalue weighted by Gasteiger charge is 2.29. The zero-order valence-electron chi connectivity index (χ0n) is 9.17. The molecule has 2 rings (SSSR count). The van der Waals surface area contributed by atoms with Crippen molar-refractivity contribution in [2.45, 2.75) is 33.0 Å². The highest BCUT2D eigenvalue weighted by Crippen LogP contribution is 2.20. The number of nitrogens with zero attached hydrogens (tertiary/aromatic N) is 3. The number of carboxylic acid groups (broad SMARTS) is 1. The van der Waals surface area contributed by atoms with Gasteiger partial charge in [-0.1, -0.05) is 0 Å². The van der Waals surface area contributed by atoms with Gasteiger partial charge in [0.15, 0.2) is 0 Å². The van der Waals surface area contributed by atoms with E-state index in [0.717, 1.165) is 0 Å². The number of fused-ring (bicyclic) bond motifs is 1. The Morgan fingerprint density at radius 1 is 1.56 bits per heavy atom. The molecule has 0 saturated carbocycles. The Hall–Kier alpha value is -1.85. The first-order valence-electron chi connectivity index (χ1n) is 5.06. The van der Waals surface area contributed by atoms with Crippen molar-refractivity contribution < 1.29 is 14.7 Å². The zero-order valence-corrected chi connectivity index (χ0v) is 9.17. The maximum atomic E-state index is 11.4. The second-order valence-corrected chi connectivity index (χ2v) is 3.99. The maximum Gasteiger partial charge on any atom is 0.339 e. The van der Waals surface area contributed by atoms with Gasteiger partial charge in [0.25, 0.3) is 0 Å². The molecule has 1 unspecified atom stereocenters. The van der Waals surface area contributed by atoms with Crippen LogP contribution in [0.2, 0.25) is 0 Å². The van der Waals surface area contributed by atoms with E-state index in [1.54, 1.807) is 9.58 Å². The molecule has 6 heteroatoms. The Balaban J connectivity index is 2.39. The maximum absolute atomic E-state index is 11.4. The molecular weight excluding hydrogens is 210 g/mol. The van der Waals surface area contributed by atoms with Gasteiger partial charge in [0.05, 0.1) is 25.0 Å². The minimum atomic E-state index is -1.00. The summed E-state index contributed by atoms with van der Waals surface area (Å²) in [6.45, 7) is 4.27. The number of aromatic carboxylic acids is 1. The van der Waals surface area contributed by atoms with Crippen LogP contribution in [0, 0.1) is 0 Å². The van der Waals surface area contributed by atoms with Crippen LogP contribution in [0.5, 0.6) is 0 Å². The summed E-state index contributed by atoms with van der Waals surface area (Å²) in [5.74, 6) is -1.05. The van der Waals surface area contributed by atoms with Crippen molar-refractivity contribution in [1.82, 2.24) is 14.7 Å². The molecule has 1 N–H and O–H groups in total. The molecule has 16 heavy (non-hydrogen) atoms. The van der Waals surface area contributed by atoms with Crippen molar-refractivity contribution in [2.75, 3.05) is 0 Å². The summed E-state index contributed by atoms with van der Waals surface area (Å²) in [5.41, 5.74) is 0.777. The molecule has 0 fully saturated rings. The molecule has 1 aliphatic rings. The van der Waals surface area contributed by atoms with E-state index in [4.69, 9.17) is 5.11 Å². The third-order valence-electron chi connectivity index (χ3n) is 2.87. The van der Waals surface area contributed by atoms with E-state index < -0.39 is 5.97 Å². The van der Waals surface area contributed by atoms with Crippen molar-refractivity contribution in [3.63, 3.8) is 0 Å².